The van der Waals surface area contributed by atoms with Gasteiger partial charge >= 0.3 is 0 Å². The summed E-state index contributed by atoms with van der Waals surface area (Å²) in [6, 6.07) is 3.28. The Morgan fingerprint density at radius 2 is 1.96 bits per heavy atom. The maximum Gasteiger partial charge on any atom is 0.254 e. The third kappa shape index (κ3) is 3.73. The van der Waals surface area contributed by atoms with Crippen LogP contribution < -0.4 is 5.32 Å². The minimum Gasteiger partial charge on any atom is -0.339 e. The van der Waals surface area contributed by atoms with Gasteiger partial charge in [0.2, 0.25) is 5.91 Å². The van der Waals surface area contributed by atoms with Crippen molar-refractivity contribution in [1.29, 1.82) is 0 Å². The van der Waals surface area contributed by atoms with Gasteiger partial charge in [-0.1, -0.05) is 0 Å². The van der Waals surface area contributed by atoms with Crippen LogP contribution >= 0.6 is 0 Å². The summed E-state index contributed by atoms with van der Waals surface area (Å²) in [5.74, 6) is 0.483. The Hall–Kier alpha value is -2.83. The normalized spacial score (nSPS) is 15.1. The van der Waals surface area contributed by atoms with E-state index in [0.29, 0.717) is 30.4 Å². The van der Waals surface area contributed by atoms with Gasteiger partial charge in [0, 0.05) is 56.3 Å². The van der Waals surface area contributed by atoms with Crippen molar-refractivity contribution in [3.05, 3.63) is 48.2 Å². The van der Waals surface area contributed by atoms with Crippen molar-refractivity contribution in [2.24, 2.45) is 0 Å². The van der Waals surface area contributed by atoms with E-state index in [1.165, 1.54) is 13.1 Å². The van der Waals surface area contributed by atoms with Crippen LogP contribution in [0.15, 0.2) is 36.9 Å². The molecule has 0 unspecified atom stereocenters. The number of carbonyl (C=O) groups is 2. The number of rotatable bonds is 3. The Kier molecular flexibility index (Phi) is 4.79. The fourth-order valence-electron chi connectivity index (χ4n) is 2.89. The van der Waals surface area contributed by atoms with Crippen molar-refractivity contribution in [1.82, 2.24) is 19.9 Å². The highest BCUT2D eigenvalue weighted by Crippen LogP contribution is 2.26. The zero-order chi connectivity index (χ0) is 16.9. The zero-order valence-corrected chi connectivity index (χ0v) is 13.5. The number of anilines is 1. The molecular weight excluding hydrogens is 306 g/mol. The molecule has 0 saturated carbocycles. The molecule has 3 heterocycles. The van der Waals surface area contributed by atoms with Crippen LogP contribution in [0.2, 0.25) is 0 Å². The summed E-state index contributed by atoms with van der Waals surface area (Å²) in [5, 5.41) is 2.60. The van der Waals surface area contributed by atoms with Gasteiger partial charge in [-0.05, 0) is 25.0 Å². The lowest BCUT2D eigenvalue weighted by Crippen LogP contribution is -2.38. The fourth-order valence-corrected chi connectivity index (χ4v) is 2.89. The number of pyridine rings is 1. The van der Waals surface area contributed by atoms with E-state index in [4.69, 9.17) is 0 Å². The first kappa shape index (κ1) is 16.0. The number of nitrogens with one attached hydrogen (secondary N) is 1. The third-order valence-electron chi connectivity index (χ3n) is 4.09. The topological polar surface area (TPSA) is 88.1 Å². The van der Waals surface area contributed by atoms with Gasteiger partial charge in [0.25, 0.3) is 5.91 Å². The molecule has 24 heavy (non-hydrogen) atoms. The number of amides is 2. The molecule has 0 aliphatic carbocycles. The predicted octanol–water partition coefficient (Wildman–Crippen LogP) is 1.85. The van der Waals surface area contributed by atoms with Gasteiger partial charge in [-0.2, -0.15) is 0 Å². The Morgan fingerprint density at radius 3 is 2.62 bits per heavy atom. The zero-order valence-electron chi connectivity index (χ0n) is 13.5. The van der Waals surface area contributed by atoms with Gasteiger partial charge in [0.05, 0.1) is 5.69 Å². The molecule has 1 aliphatic rings. The SMILES string of the molecule is CC(=O)Nc1cc(C(=O)N2CCC(c3cnccn3)CC2)ccn1. The Bertz CT molecular complexity index is 727. The summed E-state index contributed by atoms with van der Waals surface area (Å²) in [6.07, 6.45) is 8.43. The summed E-state index contributed by atoms with van der Waals surface area (Å²) in [7, 11) is 0. The van der Waals surface area contributed by atoms with Crippen LogP contribution in [0.3, 0.4) is 0 Å². The molecule has 7 heteroatoms. The predicted molar refractivity (Wildman–Crippen MR) is 88.5 cm³/mol. The summed E-state index contributed by atoms with van der Waals surface area (Å²) in [4.78, 5) is 38.1. The molecule has 3 rings (SSSR count). The van der Waals surface area contributed by atoms with Crippen LogP contribution in [0.5, 0.6) is 0 Å². The molecule has 124 valence electrons. The van der Waals surface area contributed by atoms with E-state index in [9.17, 15) is 9.59 Å². The van der Waals surface area contributed by atoms with Crippen molar-refractivity contribution in [2.45, 2.75) is 25.7 Å². The van der Waals surface area contributed by atoms with Crippen molar-refractivity contribution < 1.29 is 9.59 Å². The minimum absolute atomic E-state index is 0.0402. The van der Waals surface area contributed by atoms with Crippen LogP contribution in [-0.2, 0) is 4.79 Å². The lowest BCUT2D eigenvalue weighted by molar-refractivity contribution is -0.114. The molecule has 2 amide bonds. The number of hydrogen-bond donors (Lipinski definition) is 1. The van der Waals surface area contributed by atoms with Crippen molar-refractivity contribution in [3.8, 4) is 0 Å². The first-order valence-electron chi connectivity index (χ1n) is 7.92. The van der Waals surface area contributed by atoms with E-state index in [2.05, 4.69) is 20.3 Å². The highest BCUT2D eigenvalue weighted by Gasteiger charge is 2.25. The fraction of sp³-hybridized carbons (Fsp3) is 0.353. The number of nitrogens with zero attached hydrogens (tertiary/aromatic N) is 4. The Balaban J connectivity index is 1.64. The molecule has 0 aromatic carbocycles. The smallest absolute Gasteiger partial charge is 0.254 e. The molecule has 7 nitrogen and oxygen atoms in total. The van der Waals surface area contributed by atoms with E-state index in [-0.39, 0.29) is 11.8 Å². The summed E-state index contributed by atoms with van der Waals surface area (Å²) < 4.78 is 0. The van der Waals surface area contributed by atoms with E-state index in [1.54, 1.807) is 30.7 Å². The average molecular weight is 325 g/mol. The number of hydrogen-bond acceptors (Lipinski definition) is 5. The molecule has 2 aromatic heterocycles. The summed E-state index contributed by atoms with van der Waals surface area (Å²) in [5.41, 5.74) is 1.52. The molecule has 1 aliphatic heterocycles. The van der Waals surface area contributed by atoms with E-state index in [1.807, 2.05) is 4.90 Å². The van der Waals surface area contributed by atoms with Crippen molar-refractivity contribution >= 4 is 17.6 Å². The van der Waals surface area contributed by atoms with Crippen molar-refractivity contribution in [2.75, 3.05) is 18.4 Å². The second-order valence-corrected chi connectivity index (χ2v) is 5.81. The molecule has 1 N–H and O–H groups in total. The number of likely N-dealkylation sites (tertiary alicyclic amines) is 1. The quantitative estimate of drug-likeness (QED) is 0.930. The van der Waals surface area contributed by atoms with Crippen LogP contribution in [0.4, 0.5) is 5.82 Å². The molecule has 2 aromatic rings. The molecule has 0 spiro atoms. The van der Waals surface area contributed by atoms with E-state index < -0.39 is 0 Å². The lowest BCUT2D eigenvalue weighted by Gasteiger charge is -2.31. The minimum atomic E-state index is -0.211. The standard InChI is InChI=1S/C17H19N5O2/c1-12(23)21-16-10-14(2-5-20-16)17(24)22-8-3-13(4-9-22)15-11-18-6-7-19-15/h2,5-7,10-11,13H,3-4,8-9H2,1H3,(H,20,21,23). The summed E-state index contributed by atoms with van der Waals surface area (Å²) >= 11 is 0. The molecule has 0 bridgehead atoms. The molecular formula is C17H19N5O2. The molecule has 0 radical (unpaired) electrons. The maximum atomic E-state index is 12.6. The summed E-state index contributed by atoms with van der Waals surface area (Å²) in [6.45, 7) is 2.77. The van der Waals surface area contributed by atoms with Gasteiger partial charge in [-0.3, -0.25) is 19.6 Å². The van der Waals surface area contributed by atoms with Gasteiger partial charge in [-0.25, -0.2) is 4.98 Å². The number of piperidine rings is 1. The van der Waals surface area contributed by atoms with Crippen LogP contribution in [0.25, 0.3) is 0 Å². The highest BCUT2D eigenvalue weighted by atomic mass is 16.2. The van der Waals surface area contributed by atoms with Crippen LogP contribution in [0, 0.1) is 0 Å². The second-order valence-electron chi connectivity index (χ2n) is 5.81. The second kappa shape index (κ2) is 7.16. The van der Waals surface area contributed by atoms with E-state index in [0.717, 1.165) is 18.5 Å². The van der Waals surface area contributed by atoms with Gasteiger partial charge in [-0.15, -0.1) is 0 Å². The Labute approximate surface area is 140 Å². The van der Waals surface area contributed by atoms with Gasteiger partial charge in [0.15, 0.2) is 0 Å². The molecule has 0 atom stereocenters. The van der Waals surface area contributed by atoms with Crippen LogP contribution in [-0.4, -0.2) is 44.8 Å². The third-order valence-corrected chi connectivity index (χ3v) is 4.09. The number of aromatic nitrogens is 3. The first-order valence-corrected chi connectivity index (χ1v) is 7.92. The van der Waals surface area contributed by atoms with E-state index >= 15 is 0 Å². The average Bonchev–Trinajstić information content (AvgIpc) is 2.62. The first-order chi connectivity index (χ1) is 11.6. The lowest BCUT2D eigenvalue weighted by atomic mass is 9.93. The van der Waals surface area contributed by atoms with Crippen LogP contribution in [0.1, 0.15) is 41.7 Å². The largest absolute Gasteiger partial charge is 0.339 e. The van der Waals surface area contributed by atoms with Gasteiger partial charge in [0.1, 0.15) is 5.82 Å². The maximum absolute atomic E-state index is 12.6. The van der Waals surface area contributed by atoms with Gasteiger partial charge < -0.3 is 10.2 Å². The Morgan fingerprint density at radius 1 is 1.17 bits per heavy atom. The monoisotopic (exact) mass is 325 g/mol. The number of carbonyl (C=O) groups excluding carboxylic acids is 2. The molecule has 1 saturated heterocycles. The van der Waals surface area contributed by atoms with Crippen molar-refractivity contribution in [3.63, 3.8) is 0 Å². The molecule has 1 fully saturated rings. The highest BCUT2D eigenvalue weighted by molar-refractivity contribution is 5.96.